The van der Waals surface area contributed by atoms with Crippen LogP contribution in [-0.4, -0.2) is 19.6 Å². The Hall–Kier alpha value is -6.26. The summed E-state index contributed by atoms with van der Waals surface area (Å²) in [5, 5.41) is 12.7. The van der Waals surface area contributed by atoms with E-state index in [4.69, 9.17) is 9.97 Å². The Balaban J connectivity index is 1.44. The molecule has 0 radical (unpaired) electrons. The molecule has 8 aromatic rings. The van der Waals surface area contributed by atoms with Crippen molar-refractivity contribution < 1.29 is 6.48 Å². The highest BCUT2D eigenvalue weighted by Gasteiger charge is 2.30. The van der Waals surface area contributed by atoms with Crippen LogP contribution < -0.4 is 0 Å². The third-order valence-corrected chi connectivity index (χ3v) is 13.8. The van der Waals surface area contributed by atoms with Gasteiger partial charge < -0.3 is 5.11 Å². The molecular formula is C65H75N3O. The van der Waals surface area contributed by atoms with Gasteiger partial charge in [0.15, 0.2) is 0 Å². The summed E-state index contributed by atoms with van der Waals surface area (Å²) in [6.45, 7) is 37.3. The smallest absolute Gasteiger partial charge is 0.149 e. The van der Waals surface area contributed by atoms with Gasteiger partial charge in [-0.05, 0) is 132 Å². The number of aromatic hydroxyl groups is 1. The SMILES string of the molecule is [2H]C(C)(C)c1ccc(-n2c(-c3cc(C(C)(C)C)cc(C(C)(C)C)c3O)nc3c(-c4cc(-c5cc(-c6ccc(C(C)(C)C)cc6)ccn5)cc(C(C)(C)C)c4)cccc32)c(-c2ccc(C(C)(C)C)cc2)c1. The van der Waals surface area contributed by atoms with Gasteiger partial charge >= 0.3 is 0 Å². The zero-order chi connectivity index (χ0) is 51.1. The number of phenols is 1. The van der Waals surface area contributed by atoms with Crippen LogP contribution in [0.25, 0.3) is 72.7 Å². The number of hydrogen-bond donors (Lipinski definition) is 1. The molecule has 1 N–H and O–H groups in total. The average Bonchev–Trinajstić information content (AvgIpc) is 3.66. The molecule has 356 valence electrons. The lowest BCUT2D eigenvalue weighted by atomic mass is 9.79. The molecule has 6 aromatic carbocycles. The molecule has 0 unspecified atom stereocenters. The topological polar surface area (TPSA) is 50.9 Å². The highest BCUT2D eigenvalue weighted by Crippen LogP contribution is 2.46. The Labute approximate surface area is 415 Å². The summed E-state index contributed by atoms with van der Waals surface area (Å²) < 4.78 is 11.4. The molecule has 4 heteroatoms. The Bertz CT molecular complexity index is 3240. The molecule has 0 spiro atoms. The van der Waals surface area contributed by atoms with Crippen molar-refractivity contribution in [3.8, 4) is 67.5 Å². The number of hydrogen-bond acceptors (Lipinski definition) is 3. The van der Waals surface area contributed by atoms with E-state index in [2.05, 4.69) is 236 Å². The highest BCUT2D eigenvalue weighted by atomic mass is 16.3. The van der Waals surface area contributed by atoms with E-state index >= 15 is 0 Å². The van der Waals surface area contributed by atoms with Crippen LogP contribution in [0, 0.1) is 0 Å². The second-order valence-electron chi connectivity index (χ2n) is 24.7. The number of pyridine rings is 1. The van der Waals surface area contributed by atoms with E-state index in [0.717, 1.165) is 78.0 Å². The summed E-state index contributed by atoms with van der Waals surface area (Å²) in [6.07, 6.45) is 1.92. The second kappa shape index (κ2) is 17.6. The van der Waals surface area contributed by atoms with Gasteiger partial charge in [0.05, 0.1) is 28.0 Å². The van der Waals surface area contributed by atoms with E-state index in [1.165, 1.54) is 16.7 Å². The normalized spacial score (nSPS) is 13.3. The van der Waals surface area contributed by atoms with Crippen LogP contribution in [0.2, 0.25) is 0 Å². The van der Waals surface area contributed by atoms with E-state index in [1.54, 1.807) is 0 Å². The lowest BCUT2D eigenvalue weighted by molar-refractivity contribution is 0.446. The summed E-state index contributed by atoms with van der Waals surface area (Å²) >= 11 is 0. The fraction of sp³-hybridized carbons (Fsp3) is 0.354. The molecule has 4 nitrogen and oxygen atoms in total. The maximum atomic E-state index is 12.7. The number of aromatic nitrogens is 3. The zero-order valence-electron chi connectivity index (χ0n) is 45.5. The second-order valence-corrected chi connectivity index (χ2v) is 24.7. The summed E-state index contributed by atoms with van der Waals surface area (Å²) in [4.78, 5) is 10.7. The van der Waals surface area contributed by atoms with Gasteiger partial charge in [-0.1, -0.05) is 197 Å². The van der Waals surface area contributed by atoms with Gasteiger partial charge in [-0.25, -0.2) is 4.98 Å². The summed E-state index contributed by atoms with van der Waals surface area (Å²) in [7, 11) is 0. The molecule has 0 aliphatic heterocycles. The van der Waals surface area contributed by atoms with Crippen LogP contribution in [0.4, 0.5) is 0 Å². The number of nitrogens with zero attached hydrogens (tertiary/aromatic N) is 3. The molecular weight excluding hydrogens is 839 g/mol. The van der Waals surface area contributed by atoms with Crippen molar-refractivity contribution in [1.29, 1.82) is 0 Å². The van der Waals surface area contributed by atoms with E-state index in [9.17, 15) is 6.48 Å². The Kier molecular flexibility index (Phi) is 12.2. The molecule has 0 fully saturated rings. The standard InChI is InChI=1S/C65H75N3O/c1-40(2)43-25-30-56(52(36-43)42-23-28-48(29-24-42)62(6,7)8)68-57-20-18-19-51(58(57)67-60(68)53-38-50(64(12,13)14)39-54(59(53)69)65(15,16)17)45-33-46(35-49(34-45)63(9,10)11)55-37-44(31-32-66-55)41-21-26-47(27-22-41)61(3,4)5/h18-40,69H,1-17H3/i40D. The average molecular weight is 915 g/mol. The van der Waals surface area contributed by atoms with Crippen molar-refractivity contribution in [3.63, 3.8) is 0 Å². The van der Waals surface area contributed by atoms with Gasteiger partial charge in [0.25, 0.3) is 0 Å². The van der Waals surface area contributed by atoms with Gasteiger partial charge in [0.1, 0.15) is 11.6 Å². The van der Waals surface area contributed by atoms with E-state index in [1.807, 2.05) is 20.0 Å². The van der Waals surface area contributed by atoms with Crippen molar-refractivity contribution in [3.05, 3.63) is 167 Å². The summed E-state index contributed by atoms with van der Waals surface area (Å²) in [6, 6.07) is 46.2. The van der Waals surface area contributed by atoms with Crippen LogP contribution in [0.5, 0.6) is 5.75 Å². The number of fused-ring (bicyclic) bond motifs is 1. The minimum atomic E-state index is -0.840. The Morgan fingerprint density at radius 1 is 0.478 bits per heavy atom. The van der Waals surface area contributed by atoms with Crippen LogP contribution >= 0.6 is 0 Å². The quantitative estimate of drug-likeness (QED) is 0.173. The molecule has 69 heavy (non-hydrogen) atoms. The van der Waals surface area contributed by atoms with Crippen molar-refractivity contribution in [2.24, 2.45) is 0 Å². The van der Waals surface area contributed by atoms with E-state index in [-0.39, 0.29) is 32.8 Å². The van der Waals surface area contributed by atoms with Crippen molar-refractivity contribution >= 4 is 11.0 Å². The number of para-hydroxylation sites is 1. The summed E-state index contributed by atoms with van der Waals surface area (Å²) in [5.74, 6) is 0.0452. The number of benzene rings is 6. The van der Waals surface area contributed by atoms with Crippen LogP contribution in [0.3, 0.4) is 0 Å². The predicted octanol–water partition coefficient (Wildman–Crippen LogP) is 18.1. The fourth-order valence-electron chi connectivity index (χ4n) is 9.28. The van der Waals surface area contributed by atoms with Crippen molar-refractivity contribution in [2.75, 3.05) is 0 Å². The van der Waals surface area contributed by atoms with Gasteiger partial charge in [-0.3, -0.25) is 9.55 Å². The Morgan fingerprint density at radius 3 is 1.61 bits per heavy atom. The molecule has 0 aliphatic carbocycles. The highest BCUT2D eigenvalue weighted by molar-refractivity contribution is 5.98. The van der Waals surface area contributed by atoms with Crippen molar-refractivity contribution in [1.82, 2.24) is 14.5 Å². The zero-order valence-corrected chi connectivity index (χ0v) is 44.5. The molecule has 0 bridgehead atoms. The van der Waals surface area contributed by atoms with Gasteiger partial charge in [0, 0.05) is 29.8 Å². The van der Waals surface area contributed by atoms with Gasteiger partial charge in [-0.15, -0.1) is 0 Å². The first-order chi connectivity index (χ1) is 32.4. The first kappa shape index (κ1) is 47.8. The number of imidazole rings is 1. The number of rotatable bonds is 7. The van der Waals surface area contributed by atoms with Crippen LogP contribution in [0.1, 0.15) is 158 Å². The molecule has 0 saturated heterocycles. The molecule has 8 rings (SSSR count). The van der Waals surface area contributed by atoms with E-state index in [0.29, 0.717) is 11.4 Å². The Morgan fingerprint density at radius 2 is 1.04 bits per heavy atom. The van der Waals surface area contributed by atoms with Crippen LogP contribution in [0.15, 0.2) is 134 Å². The largest absolute Gasteiger partial charge is 0.507 e. The first-order valence-electron chi connectivity index (χ1n) is 25.3. The molecule has 0 atom stereocenters. The lowest BCUT2D eigenvalue weighted by Gasteiger charge is -2.27. The maximum Gasteiger partial charge on any atom is 0.149 e. The van der Waals surface area contributed by atoms with Gasteiger partial charge in [0.2, 0.25) is 0 Å². The minimum Gasteiger partial charge on any atom is -0.507 e. The van der Waals surface area contributed by atoms with E-state index < -0.39 is 5.89 Å². The van der Waals surface area contributed by atoms with Gasteiger partial charge in [-0.2, -0.15) is 0 Å². The van der Waals surface area contributed by atoms with Crippen LogP contribution in [-0.2, 0) is 27.1 Å². The third-order valence-electron chi connectivity index (χ3n) is 13.8. The molecule has 0 aliphatic rings. The monoisotopic (exact) mass is 915 g/mol. The third kappa shape index (κ3) is 9.96. The molecule has 0 saturated carbocycles. The molecule has 0 amide bonds. The molecule has 2 aromatic heterocycles. The maximum absolute atomic E-state index is 12.7. The predicted molar refractivity (Wildman–Crippen MR) is 295 cm³/mol. The fourth-order valence-corrected chi connectivity index (χ4v) is 9.28. The molecule has 2 heterocycles. The van der Waals surface area contributed by atoms with Crippen molar-refractivity contribution in [2.45, 2.75) is 151 Å². The lowest BCUT2D eigenvalue weighted by Crippen LogP contribution is -2.17. The first-order valence-corrected chi connectivity index (χ1v) is 24.8. The minimum absolute atomic E-state index is 0.0156. The number of phenolic OH excluding ortho intramolecular Hbond substituents is 1. The summed E-state index contributed by atoms with van der Waals surface area (Å²) in [5.41, 5.74) is 17.6.